The molecule has 6 nitrogen and oxygen atoms in total. The first-order valence-corrected chi connectivity index (χ1v) is 10.3. The van der Waals surface area contributed by atoms with Gasteiger partial charge in [0, 0.05) is 43.3 Å². The van der Waals surface area contributed by atoms with E-state index in [1.807, 2.05) is 4.90 Å². The van der Waals surface area contributed by atoms with E-state index >= 15 is 4.39 Å². The van der Waals surface area contributed by atoms with Crippen molar-refractivity contribution in [1.29, 1.82) is 0 Å². The molecule has 1 atom stereocenters. The summed E-state index contributed by atoms with van der Waals surface area (Å²) in [5.74, 6) is -2.18. The minimum atomic E-state index is -1.31. The highest BCUT2D eigenvalue weighted by Crippen LogP contribution is 2.38. The van der Waals surface area contributed by atoms with Gasteiger partial charge in [-0.05, 0) is 42.7 Å². The van der Waals surface area contributed by atoms with E-state index in [-0.39, 0.29) is 28.9 Å². The third-order valence-corrected chi connectivity index (χ3v) is 6.06. The zero-order chi connectivity index (χ0) is 21.7. The fourth-order valence-electron chi connectivity index (χ4n) is 4.30. The molecule has 8 heteroatoms. The molecule has 2 heterocycles. The zero-order valence-corrected chi connectivity index (χ0v) is 16.6. The fourth-order valence-corrected chi connectivity index (χ4v) is 4.30. The van der Waals surface area contributed by atoms with Crippen LogP contribution < -0.4 is 15.6 Å². The van der Waals surface area contributed by atoms with Gasteiger partial charge in [-0.15, -0.1) is 0 Å². The van der Waals surface area contributed by atoms with Crippen molar-refractivity contribution in [2.24, 2.45) is 0 Å². The second-order valence-electron chi connectivity index (χ2n) is 8.14. The second kappa shape index (κ2) is 7.46. The number of hydrogen-bond acceptors (Lipinski definition) is 4. The Morgan fingerprint density at radius 1 is 1.13 bits per heavy atom. The first kappa shape index (κ1) is 19.7. The number of rotatable bonds is 4. The van der Waals surface area contributed by atoms with Crippen molar-refractivity contribution in [2.45, 2.75) is 24.9 Å². The van der Waals surface area contributed by atoms with E-state index in [9.17, 15) is 19.1 Å². The average molecular weight is 425 g/mol. The summed E-state index contributed by atoms with van der Waals surface area (Å²) in [6, 6.07) is 9.08. The maximum absolute atomic E-state index is 15.1. The van der Waals surface area contributed by atoms with Crippen LogP contribution in [0.15, 0.2) is 47.4 Å². The van der Waals surface area contributed by atoms with E-state index < -0.39 is 17.2 Å². The average Bonchev–Trinajstić information content (AvgIpc) is 3.60. The number of halogens is 2. The molecule has 0 bridgehead atoms. The van der Waals surface area contributed by atoms with Gasteiger partial charge in [-0.25, -0.2) is 13.6 Å². The summed E-state index contributed by atoms with van der Waals surface area (Å²) in [5, 5.41) is 12.8. The standard InChI is InChI=1S/C23H21F2N3O3/c24-14-3-1-13(2-4-14)19-12-27(8-7-26-19)21-10-20-16(9-18(21)25)22(29)17(23(30)31)11-28(20)15-5-6-15/h1-4,9-11,15,19,26H,5-8,12H2,(H,30,31). The van der Waals surface area contributed by atoms with Crippen molar-refractivity contribution in [1.82, 2.24) is 9.88 Å². The molecule has 0 radical (unpaired) electrons. The number of fused-ring (bicyclic) bond motifs is 1. The predicted molar refractivity (Wildman–Crippen MR) is 113 cm³/mol. The fraction of sp³-hybridized carbons (Fsp3) is 0.304. The van der Waals surface area contributed by atoms with Gasteiger partial charge in [-0.2, -0.15) is 0 Å². The second-order valence-corrected chi connectivity index (χ2v) is 8.14. The molecule has 5 rings (SSSR count). The topological polar surface area (TPSA) is 74.6 Å². The number of pyridine rings is 1. The maximum atomic E-state index is 15.1. The van der Waals surface area contributed by atoms with E-state index in [2.05, 4.69) is 5.32 Å². The van der Waals surface area contributed by atoms with Gasteiger partial charge in [0.1, 0.15) is 17.2 Å². The molecule has 2 aromatic carbocycles. The summed E-state index contributed by atoms with van der Waals surface area (Å²) < 4.78 is 30.2. The van der Waals surface area contributed by atoms with Crippen molar-refractivity contribution < 1.29 is 18.7 Å². The Labute approximate surface area is 176 Å². The van der Waals surface area contributed by atoms with Crippen LogP contribution in [0.3, 0.4) is 0 Å². The highest BCUT2D eigenvalue weighted by atomic mass is 19.1. The van der Waals surface area contributed by atoms with Crippen molar-refractivity contribution in [3.63, 3.8) is 0 Å². The molecule has 1 unspecified atom stereocenters. The number of benzene rings is 2. The molecule has 1 saturated heterocycles. The molecule has 31 heavy (non-hydrogen) atoms. The lowest BCUT2D eigenvalue weighted by atomic mass is 10.0. The molecule has 2 fully saturated rings. The summed E-state index contributed by atoms with van der Waals surface area (Å²) in [4.78, 5) is 26.1. The molecule has 1 saturated carbocycles. The highest BCUT2D eigenvalue weighted by Gasteiger charge is 2.29. The van der Waals surface area contributed by atoms with E-state index in [4.69, 9.17) is 0 Å². The summed E-state index contributed by atoms with van der Waals surface area (Å²) >= 11 is 0. The number of anilines is 1. The number of carboxylic acid groups (broad SMARTS) is 1. The SMILES string of the molecule is O=C(O)c1cn(C2CC2)c2cc(N3CCNC(c4ccc(F)cc4)C3)c(F)cc2c1=O. The van der Waals surface area contributed by atoms with Gasteiger partial charge in [-0.1, -0.05) is 12.1 Å². The Kier molecular flexibility index (Phi) is 4.74. The Morgan fingerprint density at radius 2 is 1.87 bits per heavy atom. The van der Waals surface area contributed by atoms with Crippen LogP contribution in [0.2, 0.25) is 0 Å². The molecular formula is C23H21F2N3O3. The van der Waals surface area contributed by atoms with Gasteiger partial charge in [0.2, 0.25) is 5.43 Å². The van der Waals surface area contributed by atoms with Crippen LogP contribution in [-0.2, 0) is 0 Å². The van der Waals surface area contributed by atoms with E-state index in [1.54, 1.807) is 22.8 Å². The van der Waals surface area contributed by atoms with Gasteiger partial charge in [0.15, 0.2) is 0 Å². The molecule has 2 N–H and O–H groups in total. The minimum Gasteiger partial charge on any atom is -0.477 e. The molecule has 160 valence electrons. The smallest absolute Gasteiger partial charge is 0.341 e. The number of hydrogen-bond donors (Lipinski definition) is 2. The Bertz CT molecular complexity index is 1240. The first-order chi connectivity index (χ1) is 14.9. The van der Waals surface area contributed by atoms with Crippen LogP contribution in [0, 0.1) is 11.6 Å². The lowest BCUT2D eigenvalue weighted by Crippen LogP contribution is -2.46. The molecule has 1 aliphatic carbocycles. The van der Waals surface area contributed by atoms with Crippen LogP contribution in [0.5, 0.6) is 0 Å². The van der Waals surface area contributed by atoms with E-state index in [0.29, 0.717) is 30.8 Å². The largest absolute Gasteiger partial charge is 0.477 e. The van der Waals surface area contributed by atoms with Gasteiger partial charge < -0.3 is 19.9 Å². The Morgan fingerprint density at radius 3 is 2.55 bits per heavy atom. The summed E-state index contributed by atoms with van der Waals surface area (Å²) in [6.07, 6.45) is 3.17. The van der Waals surface area contributed by atoms with Gasteiger partial charge >= 0.3 is 5.97 Å². The molecular weight excluding hydrogens is 404 g/mol. The number of aromatic carboxylic acids is 1. The monoisotopic (exact) mass is 425 g/mol. The highest BCUT2D eigenvalue weighted by molar-refractivity contribution is 5.93. The lowest BCUT2D eigenvalue weighted by Gasteiger charge is -2.36. The maximum Gasteiger partial charge on any atom is 0.341 e. The number of piperazine rings is 1. The molecule has 2 aliphatic rings. The lowest BCUT2D eigenvalue weighted by molar-refractivity contribution is 0.0695. The van der Waals surface area contributed by atoms with Gasteiger partial charge in [0.05, 0.1) is 11.2 Å². The van der Waals surface area contributed by atoms with Crippen molar-refractivity contribution in [3.05, 3.63) is 75.6 Å². The van der Waals surface area contributed by atoms with Crippen molar-refractivity contribution >= 4 is 22.6 Å². The van der Waals surface area contributed by atoms with Crippen LogP contribution in [0.1, 0.15) is 40.8 Å². The third-order valence-electron chi connectivity index (χ3n) is 6.06. The zero-order valence-electron chi connectivity index (χ0n) is 16.6. The quantitative estimate of drug-likeness (QED) is 0.670. The number of carbonyl (C=O) groups is 1. The minimum absolute atomic E-state index is 0.0817. The van der Waals surface area contributed by atoms with Crippen LogP contribution in [0.25, 0.3) is 10.9 Å². The van der Waals surface area contributed by atoms with E-state index in [0.717, 1.165) is 24.5 Å². The third kappa shape index (κ3) is 3.57. The van der Waals surface area contributed by atoms with Crippen LogP contribution in [0.4, 0.5) is 14.5 Å². The summed E-state index contributed by atoms with van der Waals surface area (Å²) in [6.45, 7) is 1.67. The molecule has 3 aromatic rings. The normalized spacial score (nSPS) is 19.0. The summed E-state index contributed by atoms with van der Waals surface area (Å²) in [5.41, 5.74) is 0.816. The van der Waals surface area contributed by atoms with Gasteiger partial charge in [0.25, 0.3) is 0 Å². The Hall–Kier alpha value is -3.26. The molecule has 1 aliphatic heterocycles. The summed E-state index contributed by atoms with van der Waals surface area (Å²) in [7, 11) is 0. The van der Waals surface area contributed by atoms with E-state index in [1.165, 1.54) is 18.3 Å². The van der Waals surface area contributed by atoms with Crippen molar-refractivity contribution in [3.8, 4) is 0 Å². The predicted octanol–water partition coefficient (Wildman–Crippen LogP) is 3.46. The number of carboxylic acids is 1. The molecule has 0 amide bonds. The number of aromatic nitrogens is 1. The van der Waals surface area contributed by atoms with Crippen LogP contribution >= 0.6 is 0 Å². The van der Waals surface area contributed by atoms with Crippen molar-refractivity contribution in [2.75, 3.05) is 24.5 Å². The number of nitrogens with one attached hydrogen (secondary N) is 1. The Balaban J connectivity index is 1.57. The van der Waals surface area contributed by atoms with Gasteiger partial charge in [-0.3, -0.25) is 4.79 Å². The van der Waals surface area contributed by atoms with Crippen LogP contribution in [-0.4, -0.2) is 35.3 Å². The molecule has 0 spiro atoms. The number of nitrogens with zero attached hydrogens (tertiary/aromatic N) is 2. The molecule has 1 aromatic heterocycles. The first-order valence-electron chi connectivity index (χ1n) is 10.3.